The van der Waals surface area contributed by atoms with Crippen molar-refractivity contribution in [2.75, 3.05) is 6.61 Å². The summed E-state index contributed by atoms with van der Waals surface area (Å²) in [6, 6.07) is 1.03. The molecule has 0 atom stereocenters. The van der Waals surface area contributed by atoms with Crippen molar-refractivity contribution in [1.82, 2.24) is 0 Å². The molecule has 0 spiro atoms. The molecule has 0 aliphatic heterocycles. The third-order valence-electron chi connectivity index (χ3n) is 3.72. The molecular weight excluding hydrogens is 335 g/mol. The molecule has 0 fully saturated rings. The molecule has 0 aliphatic rings. The van der Waals surface area contributed by atoms with Gasteiger partial charge in [-0.3, -0.25) is 0 Å². The minimum Gasteiger partial charge on any atom is -0.394 e. The molecule has 0 aromatic heterocycles. The normalized spacial score (nSPS) is 12.0. The van der Waals surface area contributed by atoms with E-state index in [4.69, 9.17) is 8.85 Å². The highest BCUT2D eigenvalue weighted by molar-refractivity contribution is 6.67. The Morgan fingerprint density at radius 1 is 0.739 bits per heavy atom. The van der Waals surface area contributed by atoms with Gasteiger partial charge in [-0.1, -0.05) is 27.2 Å². The molecule has 23 heavy (non-hydrogen) atoms. The van der Waals surface area contributed by atoms with Gasteiger partial charge in [-0.15, -0.1) is 0 Å². The summed E-state index contributed by atoms with van der Waals surface area (Å²) in [7, 11) is -2.73. The first-order valence-corrected chi connectivity index (χ1v) is 9.84. The van der Waals surface area contributed by atoms with Crippen LogP contribution in [0.4, 0.5) is 22.0 Å². The van der Waals surface area contributed by atoms with E-state index in [0.29, 0.717) is 18.7 Å². The van der Waals surface area contributed by atoms with Gasteiger partial charge in [0.15, 0.2) is 23.3 Å². The predicted molar refractivity (Wildman–Crippen MR) is 78.6 cm³/mol. The highest BCUT2D eigenvalue weighted by Gasteiger charge is 2.35. The summed E-state index contributed by atoms with van der Waals surface area (Å²) in [6.45, 7) is 5.37. The summed E-state index contributed by atoms with van der Waals surface area (Å²) in [4.78, 5) is 0. The molecule has 0 radical (unpaired) electrons. The van der Waals surface area contributed by atoms with Gasteiger partial charge >= 0.3 is 8.56 Å². The maximum Gasteiger partial charge on any atom is 0.337 e. The van der Waals surface area contributed by atoms with Gasteiger partial charge in [0.05, 0.1) is 12.2 Å². The molecule has 0 saturated heterocycles. The zero-order chi connectivity index (χ0) is 17.6. The van der Waals surface area contributed by atoms with Crippen LogP contribution in [0.3, 0.4) is 0 Å². The first-order valence-electron chi connectivity index (χ1n) is 7.61. The summed E-state index contributed by atoms with van der Waals surface area (Å²) in [6.07, 6.45) is 1.72. The lowest BCUT2D eigenvalue weighted by atomic mass is 10.2. The minimum absolute atomic E-state index is 0.446. The molecule has 0 unspecified atom stereocenters. The molecule has 0 aliphatic carbocycles. The second kappa shape index (κ2) is 8.75. The van der Waals surface area contributed by atoms with Crippen LogP contribution in [0.2, 0.25) is 12.1 Å². The molecule has 132 valence electrons. The Morgan fingerprint density at radius 3 is 1.65 bits per heavy atom. The van der Waals surface area contributed by atoms with Crippen molar-refractivity contribution in [2.24, 2.45) is 0 Å². The summed E-state index contributed by atoms with van der Waals surface area (Å²) >= 11 is 0. The van der Waals surface area contributed by atoms with Gasteiger partial charge in [-0.05, 0) is 18.5 Å². The van der Waals surface area contributed by atoms with Crippen LogP contribution in [-0.2, 0) is 15.5 Å². The zero-order valence-corrected chi connectivity index (χ0v) is 14.4. The van der Waals surface area contributed by atoms with Crippen molar-refractivity contribution >= 4 is 8.56 Å². The number of hydrogen-bond donors (Lipinski definition) is 0. The molecule has 2 nitrogen and oxygen atoms in total. The Hall–Kier alpha value is -0.993. The number of halogens is 5. The van der Waals surface area contributed by atoms with Gasteiger partial charge in [0.1, 0.15) is 0 Å². The fourth-order valence-corrected chi connectivity index (χ4v) is 4.41. The first kappa shape index (κ1) is 20.1. The van der Waals surface area contributed by atoms with Crippen LogP contribution in [0.5, 0.6) is 0 Å². The van der Waals surface area contributed by atoms with Gasteiger partial charge in [0.2, 0.25) is 5.82 Å². The molecule has 1 rings (SSSR count). The summed E-state index contributed by atoms with van der Waals surface area (Å²) in [5.41, 5.74) is -0.959. The minimum atomic E-state index is -2.73. The smallest absolute Gasteiger partial charge is 0.337 e. The lowest BCUT2D eigenvalue weighted by Crippen LogP contribution is -2.41. The van der Waals surface area contributed by atoms with Crippen LogP contribution in [0, 0.1) is 29.1 Å². The van der Waals surface area contributed by atoms with E-state index in [-0.39, 0.29) is 0 Å². The van der Waals surface area contributed by atoms with Crippen LogP contribution in [0.25, 0.3) is 0 Å². The highest BCUT2D eigenvalue weighted by Crippen LogP contribution is 2.26. The predicted octanol–water partition coefficient (Wildman–Crippen LogP) is 5.20. The van der Waals surface area contributed by atoms with Crippen LogP contribution in [0.1, 0.15) is 39.2 Å². The quantitative estimate of drug-likeness (QED) is 0.199. The van der Waals surface area contributed by atoms with E-state index in [0.717, 1.165) is 12.8 Å². The average molecular weight is 356 g/mol. The third kappa shape index (κ3) is 4.51. The fourth-order valence-electron chi connectivity index (χ4n) is 2.08. The Bertz CT molecular complexity index is 506. The van der Waals surface area contributed by atoms with Crippen molar-refractivity contribution in [3.05, 3.63) is 34.6 Å². The molecule has 0 bridgehead atoms. The number of rotatable bonds is 9. The van der Waals surface area contributed by atoms with Crippen LogP contribution < -0.4 is 0 Å². The van der Waals surface area contributed by atoms with E-state index < -0.39 is 49.8 Å². The molecule has 1 aromatic carbocycles. The summed E-state index contributed by atoms with van der Waals surface area (Å²) in [5, 5.41) is 0. The van der Waals surface area contributed by atoms with E-state index in [1.54, 1.807) is 0 Å². The maximum absolute atomic E-state index is 13.7. The molecule has 8 heteroatoms. The van der Waals surface area contributed by atoms with Gasteiger partial charge in [-0.2, -0.15) is 0 Å². The van der Waals surface area contributed by atoms with Crippen LogP contribution in [-0.4, -0.2) is 15.2 Å². The van der Waals surface area contributed by atoms with Crippen LogP contribution >= 0.6 is 0 Å². The van der Waals surface area contributed by atoms with Crippen molar-refractivity contribution in [3.8, 4) is 0 Å². The van der Waals surface area contributed by atoms with Crippen molar-refractivity contribution < 1.29 is 30.8 Å². The molecular formula is C15H21F5O2Si. The lowest BCUT2D eigenvalue weighted by molar-refractivity contribution is 0.154. The average Bonchev–Trinajstić information content (AvgIpc) is 2.57. The largest absolute Gasteiger partial charge is 0.394 e. The highest BCUT2D eigenvalue weighted by atomic mass is 28.4. The van der Waals surface area contributed by atoms with Gasteiger partial charge in [0, 0.05) is 6.61 Å². The summed E-state index contributed by atoms with van der Waals surface area (Å²) in [5.74, 6) is -9.81. The van der Waals surface area contributed by atoms with Gasteiger partial charge in [-0.25, -0.2) is 22.0 Å². The van der Waals surface area contributed by atoms with Crippen molar-refractivity contribution in [1.29, 1.82) is 0 Å². The molecule has 0 N–H and O–H groups in total. The first-order chi connectivity index (χ1) is 10.8. The standard InChI is InChI=1S/C15H21F5O2Si/c1-4-7-8-21-23(5-2,6-3)22-9-10-11(16)13(18)15(20)14(19)12(10)17/h4-9H2,1-3H3. The molecule has 0 amide bonds. The number of hydrogen-bond acceptors (Lipinski definition) is 2. The molecule has 0 heterocycles. The Balaban J connectivity index is 2.98. The lowest BCUT2D eigenvalue weighted by Gasteiger charge is -2.29. The van der Waals surface area contributed by atoms with Gasteiger partial charge < -0.3 is 8.85 Å². The number of unbranched alkanes of at least 4 members (excludes halogenated alkanes) is 1. The SMILES string of the molecule is CCCCO[Si](CC)(CC)OCc1c(F)c(F)c(F)c(F)c1F. The Kier molecular flexibility index (Phi) is 7.63. The number of benzene rings is 1. The third-order valence-corrected chi connectivity index (χ3v) is 7.28. The van der Waals surface area contributed by atoms with Crippen LogP contribution in [0.15, 0.2) is 0 Å². The monoisotopic (exact) mass is 356 g/mol. The topological polar surface area (TPSA) is 18.5 Å². The Labute approximate surface area is 133 Å². The second-order valence-corrected chi connectivity index (χ2v) is 8.97. The maximum atomic E-state index is 13.7. The molecule has 0 saturated carbocycles. The fraction of sp³-hybridized carbons (Fsp3) is 0.600. The summed E-state index contributed by atoms with van der Waals surface area (Å²) < 4.78 is 78.1. The zero-order valence-electron chi connectivity index (χ0n) is 13.4. The molecule has 1 aromatic rings. The van der Waals surface area contributed by atoms with E-state index in [2.05, 4.69) is 0 Å². The second-order valence-electron chi connectivity index (χ2n) is 5.16. The van der Waals surface area contributed by atoms with E-state index in [9.17, 15) is 22.0 Å². The van der Waals surface area contributed by atoms with Crippen molar-refractivity contribution in [2.45, 2.75) is 52.3 Å². The Morgan fingerprint density at radius 2 is 1.22 bits per heavy atom. The van der Waals surface area contributed by atoms with Crippen molar-refractivity contribution in [3.63, 3.8) is 0 Å². The van der Waals surface area contributed by atoms with Gasteiger partial charge in [0.25, 0.3) is 0 Å². The van der Waals surface area contributed by atoms with E-state index in [1.165, 1.54) is 0 Å². The van der Waals surface area contributed by atoms with E-state index >= 15 is 0 Å². The van der Waals surface area contributed by atoms with E-state index in [1.807, 2.05) is 20.8 Å².